The summed E-state index contributed by atoms with van der Waals surface area (Å²) < 4.78 is 0.891. The van der Waals surface area contributed by atoms with Gasteiger partial charge in [-0.15, -0.1) is 0 Å². The normalized spacial score (nSPS) is 10.2. The van der Waals surface area contributed by atoms with E-state index in [1.54, 1.807) is 18.5 Å². The zero-order valence-electron chi connectivity index (χ0n) is 12.6. The molecule has 0 atom stereocenters. The third kappa shape index (κ3) is 4.36. The van der Waals surface area contributed by atoms with Gasteiger partial charge in [0.1, 0.15) is 17.8 Å². The molecule has 2 N–H and O–H groups in total. The van der Waals surface area contributed by atoms with Crippen LogP contribution in [0.5, 0.6) is 0 Å². The number of anilines is 2. The summed E-state index contributed by atoms with van der Waals surface area (Å²) in [6.07, 6.45) is 4.86. The highest BCUT2D eigenvalue weighted by molar-refractivity contribution is 9.10. The van der Waals surface area contributed by atoms with E-state index in [1.807, 2.05) is 36.4 Å². The highest BCUT2D eigenvalue weighted by Gasteiger charge is 2.09. The minimum absolute atomic E-state index is 0.290. The number of hydrogen-bond donors (Lipinski definition) is 2. The molecule has 0 spiro atoms. The van der Waals surface area contributed by atoms with Crippen molar-refractivity contribution in [1.82, 2.24) is 15.0 Å². The Hall–Kier alpha value is -2.80. The van der Waals surface area contributed by atoms with Crippen molar-refractivity contribution >= 4 is 33.3 Å². The van der Waals surface area contributed by atoms with E-state index in [0.717, 1.165) is 10.0 Å². The summed E-state index contributed by atoms with van der Waals surface area (Å²) in [6, 6.07) is 12.8. The van der Waals surface area contributed by atoms with Crippen molar-refractivity contribution in [3.8, 4) is 0 Å². The minimum Gasteiger partial charge on any atom is -0.366 e. The number of rotatable bonds is 5. The number of nitrogens with zero attached hydrogens (tertiary/aromatic N) is 3. The van der Waals surface area contributed by atoms with Crippen LogP contribution < -0.4 is 10.6 Å². The standard InChI is InChI=1S/C17H14BrN5O/c18-13-4-1-5-14(7-13)23-17(24)15-8-16(22-11-21-15)20-10-12-3-2-6-19-9-12/h1-9,11H,10H2,(H,23,24)(H,20,21,22). The molecule has 0 saturated carbocycles. The van der Waals surface area contributed by atoms with Gasteiger partial charge in [0, 0.05) is 35.2 Å². The maximum Gasteiger partial charge on any atom is 0.274 e. The number of aromatic nitrogens is 3. The first-order valence-electron chi connectivity index (χ1n) is 7.22. The number of hydrogen-bond acceptors (Lipinski definition) is 5. The molecule has 0 aliphatic carbocycles. The van der Waals surface area contributed by atoms with Crippen LogP contribution in [0.25, 0.3) is 0 Å². The quantitative estimate of drug-likeness (QED) is 0.704. The second-order valence-corrected chi connectivity index (χ2v) is 5.88. The first kappa shape index (κ1) is 16.1. The van der Waals surface area contributed by atoms with E-state index in [2.05, 4.69) is 41.5 Å². The Balaban J connectivity index is 1.67. The summed E-state index contributed by atoms with van der Waals surface area (Å²) in [5.41, 5.74) is 2.01. The van der Waals surface area contributed by atoms with Gasteiger partial charge < -0.3 is 10.6 Å². The van der Waals surface area contributed by atoms with E-state index in [0.29, 0.717) is 23.7 Å². The maximum absolute atomic E-state index is 12.3. The number of nitrogens with one attached hydrogen (secondary N) is 2. The van der Waals surface area contributed by atoms with Crippen LogP contribution in [0.4, 0.5) is 11.5 Å². The molecule has 3 rings (SSSR count). The van der Waals surface area contributed by atoms with Crippen LogP contribution >= 0.6 is 15.9 Å². The van der Waals surface area contributed by atoms with Crippen LogP contribution in [0.1, 0.15) is 16.1 Å². The van der Waals surface area contributed by atoms with Gasteiger partial charge in [0.15, 0.2) is 0 Å². The average Bonchev–Trinajstić information content (AvgIpc) is 2.61. The topological polar surface area (TPSA) is 79.8 Å². The van der Waals surface area contributed by atoms with Crippen molar-refractivity contribution < 1.29 is 4.79 Å². The first-order chi connectivity index (χ1) is 11.7. The monoisotopic (exact) mass is 383 g/mol. The van der Waals surface area contributed by atoms with Gasteiger partial charge in [-0.3, -0.25) is 9.78 Å². The van der Waals surface area contributed by atoms with Crippen molar-refractivity contribution in [1.29, 1.82) is 0 Å². The van der Waals surface area contributed by atoms with Crippen LogP contribution in [0.3, 0.4) is 0 Å². The van der Waals surface area contributed by atoms with Crippen molar-refractivity contribution in [2.45, 2.75) is 6.54 Å². The van der Waals surface area contributed by atoms with E-state index >= 15 is 0 Å². The number of halogens is 1. The van der Waals surface area contributed by atoms with Gasteiger partial charge in [0.25, 0.3) is 5.91 Å². The predicted molar refractivity (Wildman–Crippen MR) is 95.7 cm³/mol. The van der Waals surface area contributed by atoms with Crippen LogP contribution in [0.2, 0.25) is 0 Å². The van der Waals surface area contributed by atoms with E-state index in [1.165, 1.54) is 6.33 Å². The van der Waals surface area contributed by atoms with Gasteiger partial charge in [0.05, 0.1) is 0 Å². The van der Waals surface area contributed by atoms with E-state index in [4.69, 9.17) is 0 Å². The fourth-order valence-corrected chi connectivity index (χ4v) is 2.43. The van der Waals surface area contributed by atoms with E-state index < -0.39 is 0 Å². The molecule has 2 aromatic heterocycles. The van der Waals surface area contributed by atoms with Gasteiger partial charge in [-0.2, -0.15) is 0 Å². The molecule has 2 heterocycles. The first-order valence-corrected chi connectivity index (χ1v) is 8.02. The summed E-state index contributed by atoms with van der Waals surface area (Å²) in [4.78, 5) is 24.5. The van der Waals surface area contributed by atoms with Gasteiger partial charge in [0.2, 0.25) is 0 Å². The molecule has 0 aliphatic rings. The minimum atomic E-state index is -0.292. The van der Waals surface area contributed by atoms with Crippen LogP contribution in [-0.4, -0.2) is 20.9 Å². The number of carbonyl (C=O) groups is 1. The molecular weight excluding hydrogens is 370 g/mol. The van der Waals surface area contributed by atoms with Gasteiger partial charge in [-0.05, 0) is 29.8 Å². The fourth-order valence-electron chi connectivity index (χ4n) is 2.03. The second kappa shape index (κ2) is 7.65. The van der Waals surface area contributed by atoms with Crippen LogP contribution in [0, 0.1) is 0 Å². The average molecular weight is 384 g/mol. The highest BCUT2D eigenvalue weighted by atomic mass is 79.9. The lowest BCUT2D eigenvalue weighted by Gasteiger charge is -2.08. The smallest absolute Gasteiger partial charge is 0.274 e. The van der Waals surface area contributed by atoms with E-state index in [-0.39, 0.29) is 5.91 Å². The molecule has 6 nitrogen and oxygen atoms in total. The van der Waals surface area contributed by atoms with E-state index in [9.17, 15) is 4.79 Å². The van der Waals surface area contributed by atoms with Crippen molar-refractivity contribution in [2.75, 3.05) is 10.6 Å². The van der Waals surface area contributed by atoms with Crippen molar-refractivity contribution in [2.24, 2.45) is 0 Å². The Kier molecular flexibility index (Phi) is 5.12. The lowest BCUT2D eigenvalue weighted by atomic mass is 10.3. The summed E-state index contributed by atoms with van der Waals surface area (Å²) >= 11 is 3.37. The summed E-state index contributed by atoms with van der Waals surface area (Å²) in [7, 11) is 0. The molecule has 0 radical (unpaired) electrons. The van der Waals surface area contributed by atoms with Crippen LogP contribution in [0.15, 0.2) is 65.7 Å². The Labute approximate surface area is 147 Å². The maximum atomic E-state index is 12.3. The third-order valence-corrected chi connectivity index (χ3v) is 3.67. The van der Waals surface area contributed by atoms with Gasteiger partial charge in [-0.1, -0.05) is 28.1 Å². The van der Waals surface area contributed by atoms with Gasteiger partial charge in [-0.25, -0.2) is 9.97 Å². The fraction of sp³-hybridized carbons (Fsp3) is 0.0588. The zero-order valence-corrected chi connectivity index (χ0v) is 14.2. The van der Waals surface area contributed by atoms with Gasteiger partial charge >= 0.3 is 0 Å². The molecule has 24 heavy (non-hydrogen) atoms. The highest BCUT2D eigenvalue weighted by Crippen LogP contribution is 2.16. The SMILES string of the molecule is O=C(Nc1cccc(Br)c1)c1cc(NCc2cccnc2)ncn1. The lowest BCUT2D eigenvalue weighted by molar-refractivity contribution is 0.102. The van der Waals surface area contributed by atoms with Crippen molar-refractivity contribution in [3.63, 3.8) is 0 Å². The molecule has 0 bridgehead atoms. The number of amides is 1. The lowest BCUT2D eigenvalue weighted by Crippen LogP contribution is -2.14. The molecule has 0 fully saturated rings. The molecule has 0 unspecified atom stereocenters. The van der Waals surface area contributed by atoms with Crippen LogP contribution in [-0.2, 0) is 6.54 Å². The number of benzene rings is 1. The number of carbonyl (C=O) groups excluding carboxylic acids is 1. The predicted octanol–water partition coefficient (Wildman–Crippen LogP) is 3.50. The Morgan fingerprint density at radius 3 is 2.83 bits per heavy atom. The Bertz CT molecular complexity index is 841. The summed E-state index contributed by atoms with van der Waals surface area (Å²) in [6.45, 7) is 0.567. The molecule has 1 amide bonds. The third-order valence-electron chi connectivity index (χ3n) is 3.18. The molecule has 0 saturated heterocycles. The Morgan fingerprint density at radius 2 is 2.04 bits per heavy atom. The largest absolute Gasteiger partial charge is 0.366 e. The molecular formula is C17H14BrN5O. The number of pyridine rings is 1. The Morgan fingerprint density at radius 1 is 1.12 bits per heavy atom. The summed E-state index contributed by atoms with van der Waals surface area (Å²) in [5, 5.41) is 5.95. The molecule has 7 heteroatoms. The molecule has 3 aromatic rings. The molecule has 0 aliphatic heterocycles. The zero-order chi connectivity index (χ0) is 16.8. The molecule has 1 aromatic carbocycles. The van der Waals surface area contributed by atoms with Crippen molar-refractivity contribution in [3.05, 3.63) is 76.9 Å². The summed E-state index contributed by atoms with van der Waals surface area (Å²) in [5.74, 6) is 0.285. The second-order valence-electron chi connectivity index (χ2n) is 4.97. The molecule has 120 valence electrons.